The van der Waals surface area contributed by atoms with Crippen LogP contribution in [0.1, 0.15) is 29.3 Å². The summed E-state index contributed by atoms with van der Waals surface area (Å²) >= 11 is 0. The van der Waals surface area contributed by atoms with Gasteiger partial charge in [0.1, 0.15) is 5.75 Å². The molecule has 144 valence electrons. The van der Waals surface area contributed by atoms with E-state index < -0.39 is 0 Å². The number of nitrogens with zero attached hydrogens (tertiary/aromatic N) is 3. The Bertz CT molecular complexity index is 703. The van der Waals surface area contributed by atoms with Gasteiger partial charge in [0, 0.05) is 26.6 Å². The summed E-state index contributed by atoms with van der Waals surface area (Å²) in [6, 6.07) is 6.29. The number of ether oxygens (including phenoxy) is 1. The van der Waals surface area contributed by atoms with Crippen molar-refractivity contribution in [1.29, 1.82) is 0 Å². The van der Waals surface area contributed by atoms with Crippen molar-refractivity contribution in [2.45, 2.75) is 33.1 Å². The van der Waals surface area contributed by atoms with Gasteiger partial charge in [-0.3, -0.25) is 4.99 Å². The van der Waals surface area contributed by atoms with Crippen molar-refractivity contribution < 1.29 is 9.26 Å². The molecule has 1 aromatic carbocycles. The summed E-state index contributed by atoms with van der Waals surface area (Å²) in [5.74, 6) is 3.07. The molecular weight excluding hydrogens is 445 g/mol. The number of hydrogen-bond acceptors (Lipinski definition) is 5. The largest absolute Gasteiger partial charge is 0.496 e. The number of halogens is 1. The molecule has 0 spiro atoms. The number of aliphatic imine (C=N–C) groups is 1. The van der Waals surface area contributed by atoms with Gasteiger partial charge < -0.3 is 19.9 Å². The van der Waals surface area contributed by atoms with Gasteiger partial charge in [0.25, 0.3) is 0 Å². The average molecular weight is 473 g/mol. The van der Waals surface area contributed by atoms with E-state index in [0.29, 0.717) is 11.7 Å². The fraction of sp³-hybridized carbons (Fsp3) is 0.500. The summed E-state index contributed by atoms with van der Waals surface area (Å²) in [6.07, 6.45) is 2.56. The third-order valence-corrected chi connectivity index (χ3v) is 3.83. The van der Waals surface area contributed by atoms with Crippen LogP contribution >= 0.6 is 24.0 Å². The molecule has 1 aromatic heterocycles. The highest BCUT2D eigenvalue weighted by Gasteiger charge is 2.04. The summed E-state index contributed by atoms with van der Waals surface area (Å²) in [6.45, 7) is 5.46. The minimum absolute atomic E-state index is 0. The zero-order chi connectivity index (χ0) is 18.1. The van der Waals surface area contributed by atoms with E-state index in [0.717, 1.165) is 49.6 Å². The molecule has 0 fully saturated rings. The zero-order valence-electron chi connectivity index (χ0n) is 15.8. The number of methoxy groups -OCH3 is 1. The highest BCUT2D eigenvalue weighted by Crippen LogP contribution is 2.18. The standard InChI is InChI=1S/C18H27N5O2.HI/c1-13-7-8-15(12-16(13)24-4)9-11-21-18(19-3)20-10-5-6-17-22-14(2)23-25-17;/h7-8,12H,5-6,9-11H2,1-4H3,(H2,19,20,21);1H. The Morgan fingerprint density at radius 2 is 1.96 bits per heavy atom. The second-order valence-corrected chi connectivity index (χ2v) is 5.82. The quantitative estimate of drug-likeness (QED) is 0.266. The lowest BCUT2D eigenvalue weighted by Crippen LogP contribution is -2.38. The predicted molar refractivity (Wildman–Crippen MR) is 114 cm³/mol. The minimum atomic E-state index is 0. The van der Waals surface area contributed by atoms with E-state index in [-0.39, 0.29) is 24.0 Å². The second-order valence-electron chi connectivity index (χ2n) is 5.82. The summed E-state index contributed by atoms with van der Waals surface area (Å²) in [4.78, 5) is 8.42. The topological polar surface area (TPSA) is 84.6 Å². The molecule has 2 N–H and O–H groups in total. The number of nitrogens with one attached hydrogen (secondary N) is 2. The van der Waals surface area contributed by atoms with Crippen molar-refractivity contribution in [2.24, 2.45) is 4.99 Å². The van der Waals surface area contributed by atoms with Crippen LogP contribution in [0.15, 0.2) is 27.7 Å². The van der Waals surface area contributed by atoms with Crippen molar-refractivity contribution in [3.05, 3.63) is 41.0 Å². The Labute approximate surface area is 172 Å². The second kappa shape index (κ2) is 11.7. The van der Waals surface area contributed by atoms with Gasteiger partial charge in [-0.15, -0.1) is 24.0 Å². The molecule has 0 saturated heterocycles. The molecule has 0 radical (unpaired) electrons. The summed E-state index contributed by atoms with van der Waals surface area (Å²) in [5.41, 5.74) is 2.38. The van der Waals surface area contributed by atoms with Gasteiger partial charge in [-0.05, 0) is 43.9 Å². The third-order valence-electron chi connectivity index (χ3n) is 3.83. The summed E-state index contributed by atoms with van der Waals surface area (Å²) < 4.78 is 10.5. The number of benzene rings is 1. The lowest BCUT2D eigenvalue weighted by Gasteiger charge is -2.12. The van der Waals surface area contributed by atoms with E-state index in [1.165, 1.54) is 5.56 Å². The maximum Gasteiger partial charge on any atom is 0.226 e. The van der Waals surface area contributed by atoms with Crippen molar-refractivity contribution in [2.75, 3.05) is 27.2 Å². The lowest BCUT2D eigenvalue weighted by atomic mass is 10.1. The van der Waals surface area contributed by atoms with Gasteiger partial charge in [0.05, 0.1) is 7.11 Å². The van der Waals surface area contributed by atoms with Gasteiger partial charge in [0.2, 0.25) is 5.89 Å². The van der Waals surface area contributed by atoms with E-state index in [9.17, 15) is 0 Å². The monoisotopic (exact) mass is 473 g/mol. The molecule has 0 aliphatic carbocycles. The number of rotatable bonds is 8. The average Bonchev–Trinajstić information content (AvgIpc) is 3.03. The molecule has 0 unspecified atom stereocenters. The van der Waals surface area contributed by atoms with Crippen LogP contribution in [-0.2, 0) is 12.8 Å². The Balaban J connectivity index is 0.00000338. The van der Waals surface area contributed by atoms with Crippen LogP contribution < -0.4 is 15.4 Å². The molecule has 8 heteroatoms. The Morgan fingerprint density at radius 3 is 2.62 bits per heavy atom. The SMILES string of the molecule is CN=C(NCCCc1nc(C)no1)NCCc1ccc(C)c(OC)c1.I. The van der Waals surface area contributed by atoms with E-state index in [2.05, 4.69) is 44.0 Å². The van der Waals surface area contributed by atoms with Gasteiger partial charge in [-0.25, -0.2) is 0 Å². The molecule has 26 heavy (non-hydrogen) atoms. The van der Waals surface area contributed by atoms with Gasteiger partial charge in [-0.1, -0.05) is 17.3 Å². The maximum atomic E-state index is 5.36. The highest BCUT2D eigenvalue weighted by atomic mass is 127. The molecule has 1 heterocycles. The van der Waals surface area contributed by atoms with Crippen molar-refractivity contribution in [3.63, 3.8) is 0 Å². The first kappa shape index (κ1) is 22.2. The Morgan fingerprint density at radius 1 is 1.19 bits per heavy atom. The van der Waals surface area contributed by atoms with Gasteiger partial charge >= 0.3 is 0 Å². The molecule has 0 amide bonds. The molecule has 0 aliphatic rings. The number of aryl methyl sites for hydroxylation is 3. The summed E-state index contributed by atoms with van der Waals surface area (Å²) in [5, 5.41) is 10.4. The number of aromatic nitrogens is 2. The highest BCUT2D eigenvalue weighted by molar-refractivity contribution is 14.0. The first-order chi connectivity index (χ1) is 12.1. The van der Waals surface area contributed by atoms with E-state index >= 15 is 0 Å². The third kappa shape index (κ3) is 7.19. The fourth-order valence-electron chi connectivity index (χ4n) is 2.45. The molecule has 0 atom stereocenters. The molecule has 0 aliphatic heterocycles. The molecular formula is C18H28IN5O2. The van der Waals surface area contributed by atoms with Crippen molar-refractivity contribution >= 4 is 29.9 Å². The molecule has 2 rings (SSSR count). The van der Waals surface area contributed by atoms with Crippen LogP contribution in [0, 0.1) is 13.8 Å². The van der Waals surface area contributed by atoms with Crippen LogP contribution in [-0.4, -0.2) is 43.3 Å². The van der Waals surface area contributed by atoms with Crippen LogP contribution in [0.4, 0.5) is 0 Å². The van der Waals surface area contributed by atoms with E-state index in [4.69, 9.17) is 9.26 Å². The van der Waals surface area contributed by atoms with Crippen molar-refractivity contribution in [3.8, 4) is 5.75 Å². The molecule has 2 aromatic rings. The van der Waals surface area contributed by atoms with Crippen LogP contribution in [0.3, 0.4) is 0 Å². The van der Waals surface area contributed by atoms with Gasteiger partial charge in [-0.2, -0.15) is 4.98 Å². The van der Waals surface area contributed by atoms with E-state index in [1.54, 1.807) is 14.2 Å². The molecule has 7 nitrogen and oxygen atoms in total. The van der Waals surface area contributed by atoms with Crippen LogP contribution in [0.25, 0.3) is 0 Å². The first-order valence-electron chi connectivity index (χ1n) is 8.49. The minimum Gasteiger partial charge on any atom is -0.496 e. The van der Waals surface area contributed by atoms with Crippen molar-refractivity contribution in [1.82, 2.24) is 20.8 Å². The number of guanidine groups is 1. The van der Waals surface area contributed by atoms with Crippen LogP contribution in [0.2, 0.25) is 0 Å². The Hall–Kier alpha value is -1.84. The lowest BCUT2D eigenvalue weighted by molar-refractivity contribution is 0.372. The fourth-order valence-corrected chi connectivity index (χ4v) is 2.45. The molecule has 0 bridgehead atoms. The first-order valence-corrected chi connectivity index (χ1v) is 8.49. The van der Waals surface area contributed by atoms with Crippen LogP contribution in [0.5, 0.6) is 5.75 Å². The maximum absolute atomic E-state index is 5.36. The smallest absolute Gasteiger partial charge is 0.226 e. The summed E-state index contributed by atoms with van der Waals surface area (Å²) in [7, 11) is 3.47. The number of hydrogen-bond donors (Lipinski definition) is 2. The predicted octanol–water partition coefficient (Wildman–Crippen LogP) is 2.65. The van der Waals surface area contributed by atoms with Gasteiger partial charge in [0.15, 0.2) is 11.8 Å². The van der Waals surface area contributed by atoms with E-state index in [1.807, 2.05) is 13.8 Å². The molecule has 0 saturated carbocycles. The Kier molecular flexibility index (Phi) is 10.0. The zero-order valence-corrected chi connectivity index (χ0v) is 18.2. The normalized spacial score (nSPS) is 11.0.